The molecular weight excluding hydrogens is 400 g/mol. The summed E-state index contributed by atoms with van der Waals surface area (Å²) < 4.78 is 1.19. The largest absolute Gasteiger partial charge is 0.480 e. The van der Waals surface area contributed by atoms with Crippen molar-refractivity contribution in [1.82, 2.24) is 14.5 Å². The minimum absolute atomic E-state index is 0.338. The zero-order chi connectivity index (χ0) is 19.9. The molecule has 7 nitrogen and oxygen atoms in total. The lowest BCUT2D eigenvalue weighted by Crippen LogP contribution is -2.41. The van der Waals surface area contributed by atoms with Crippen LogP contribution in [0.5, 0.6) is 0 Å². The monoisotopic (exact) mass is 416 g/mol. The molecule has 0 unspecified atom stereocenters. The van der Waals surface area contributed by atoms with E-state index in [0.29, 0.717) is 33.5 Å². The third kappa shape index (κ3) is 3.29. The standard InChI is InChI=1S/C19H17ClN4O3S/c1-19(11-2-4-12(20)5-3-11)7-6-13-16(23-19)18(27)24(9-15(25)26)17(22-13)14-8-21-10-28-14/h2-5,8,10,23H,6-7,9H2,1H3,(H,25,26)/t19-/m0/s1. The van der Waals surface area contributed by atoms with Crippen LogP contribution in [-0.2, 0) is 23.3 Å². The zero-order valence-corrected chi connectivity index (χ0v) is 16.5. The van der Waals surface area contributed by atoms with Gasteiger partial charge in [0.1, 0.15) is 12.2 Å². The molecule has 2 N–H and O–H groups in total. The van der Waals surface area contributed by atoms with E-state index >= 15 is 0 Å². The Labute approximate surface area is 169 Å². The maximum Gasteiger partial charge on any atom is 0.323 e. The van der Waals surface area contributed by atoms with Crippen molar-refractivity contribution in [2.75, 3.05) is 5.32 Å². The highest BCUT2D eigenvalue weighted by Gasteiger charge is 2.34. The number of aryl methyl sites for hydroxylation is 1. The first-order chi connectivity index (χ1) is 13.4. The molecule has 0 saturated heterocycles. The molecule has 1 aliphatic heterocycles. The number of fused-ring (bicyclic) bond motifs is 1. The predicted octanol–water partition coefficient (Wildman–Crippen LogP) is 3.38. The maximum atomic E-state index is 13.2. The van der Waals surface area contributed by atoms with Gasteiger partial charge in [-0.2, -0.15) is 0 Å². The Kier molecular flexibility index (Phi) is 4.68. The molecule has 2 aromatic heterocycles. The van der Waals surface area contributed by atoms with Gasteiger partial charge in [-0.3, -0.25) is 19.1 Å². The van der Waals surface area contributed by atoms with Crippen molar-refractivity contribution >= 4 is 34.6 Å². The van der Waals surface area contributed by atoms with Gasteiger partial charge in [-0.1, -0.05) is 23.7 Å². The van der Waals surface area contributed by atoms with Gasteiger partial charge in [0.2, 0.25) is 0 Å². The van der Waals surface area contributed by atoms with Crippen molar-refractivity contribution in [3.63, 3.8) is 0 Å². The van der Waals surface area contributed by atoms with Gasteiger partial charge < -0.3 is 10.4 Å². The Morgan fingerprint density at radius 2 is 2.14 bits per heavy atom. The van der Waals surface area contributed by atoms with Gasteiger partial charge in [0.15, 0.2) is 5.82 Å². The summed E-state index contributed by atoms with van der Waals surface area (Å²) >= 11 is 7.31. The smallest absolute Gasteiger partial charge is 0.323 e. The number of hydrogen-bond acceptors (Lipinski definition) is 6. The molecular formula is C19H17ClN4O3S. The molecule has 9 heteroatoms. The number of halogens is 1. The summed E-state index contributed by atoms with van der Waals surface area (Å²) in [5.74, 6) is -0.767. The number of aromatic nitrogens is 3. The van der Waals surface area contributed by atoms with E-state index in [1.165, 1.54) is 15.9 Å². The van der Waals surface area contributed by atoms with Gasteiger partial charge in [0, 0.05) is 11.2 Å². The number of anilines is 1. The molecule has 0 spiro atoms. The fraction of sp³-hybridized carbons (Fsp3) is 0.263. The number of aliphatic carboxylic acids is 1. The highest BCUT2D eigenvalue weighted by atomic mass is 35.5. The normalized spacial score (nSPS) is 18.4. The summed E-state index contributed by atoms with van der Waals surface area (Å²) in [7, 11) is 0. The van der Waals surface area contributed by atoms with Gasteiger partial charge in [0.25, 0.3) is 5.56 Å². The molecule has 4 rings (SSSR count). The summed E-state index contributed by atoms with van der Waals surface area (Å²) in [6, 6.07) is 7.48. The lowest BCUT2D eigenvalue weighted by molar-refractivity contribution is -0.137. The Hall–Kier alpha value is -2.71. The first kappa shape index (κ1) is 18.6. The number of carboxylic acids is 1. The summed E-state index contributed by atoms with van der Waals surface area (Å²) in [5, 5.41) is 13.3. The Bertz CT molecular complexity index is 1100. The number of thiazole rings is 1. The first-order valence-electron chi connectivity index (χ1n) is 8.66. The number of hydrogen-bond donors (Lipinski definition) is 2. The maximum absolute atomic E-state index is 13.2. The molecule has 0 radical (unpaired) electrons. The van der Waals surface area contributed by atoms with Crippen molar-refractivity contribution in [3.8, 4) is 10.7 Å². The van der Waals surface area contributed by atoms with Gasteiger partial charge in [0.05, 0.1) is 21.6 Å². The number of nitrogens with zero attached hydrogens (tertiary/aromatic N) is 3. The van der Waals surface area contributed by atoms with Crippen LogP contribution < -0.4 is 10.9 Å². The van der Waals surface area contributed by atoms with Crippen molar-refractivity contribution < 1.29 is 9.90 Å². The number of benzene rings is 1. The molecule has 3 aromatic rings. The number of rotatable bonds is 4. The average Bonchev–Trinajstić information content (AvgIpc) is 3.19. The fourth-order valence-corrected chi connectivity index (χ4v) is 4.19. The van der Waals surface area contributed by atoms with Crippen LogP contribution in [0.2, 0.25) is 5.02 Å². The third-order valence-corrected chi connectivity index (χ3v) is 5.96. The lowest BCUT2D eigenvalue weighted by atomic mass is 9.83. The molecule has 0 amide bonds. The van der Waals surface area contributed by atoms with E-state index in [9.17, 15) is 14.7 Å². The summed E-state index contributed by atoms with van der Waals surface area (Å²) in [6.45, 7) is 1.54. The quantitative estimate of drug-likeness (QED) is 0.676. The molecule has 3 heterocycles. The van der Waals surface area contributed by atoms with E-state index in [0.717, 1.165) is 12.0 Å². The molecule has 144 valence electrons. The highest BCUT2D eigenvalue weighted by molar-refractivity contribution is 7.13. The van der Waals surface area contributed by atoms with Gasteiger partial charge in [-0.25, -0.2) is 4.98 Å². The van der Waals surface area contributed by atoms with Crippen molar-refractivity contribution in [2.24, 2.45) is 0 Å². The highest BCUT2D eigenvalue weighted by Crippen LogP contribution is 2.36. The predicted molar refractivity (Wildman–Crippen MR) is 108 cm³/mol. The Morgan fingerprint density at radius 3 is 2.79 bits per heavy atom. The second kappa shape index (κ2) is 7.03. The average molecular weight is 417 g/mol. The van der Waals surface area contributed by atoms with Crippen LogP contribution in [0.1, 0.15) is 24.6 Å². The number of carboxylic acid groups (broad SMARTS) is 1. The summed E-state index contributed by atoms with van der Waals surface area (Å²) in [5.41, 5.74) is 2.74. The van der Waals surface area contributed by atoms with Crippen molar-refractivity contribution in [2.45, 2.75) is 31.8 Å². The van der Waals surface area contributed by atoms with Crippen LogP contribution in [0.3, 0.4) is 0 Å². The fourth-order valence-electron chi connectivity index (χ4n) is 3.44. The molecule has 28 heavy (non-hydrogen) atoms. The van der Waals surface area contributed by atoms with Crippen LogP contribution in [0.25, 0.3) is 10.7 Å². The summed E-state index contributed by atoms with van der Waals surface area (Å²) in [6.07, 6.45) is 2.92. The van der Waals surface area contributed by atoms with E-state index in [1.807, 2.05) is 31.2 Å². The zero-order valence-electron chi connectivity index (χ0n) is 15.0. The van der Waals surface area contributed by atoms with E-state index in [-0.39, 0.29) is 0 Å². The van der Waals surface area contributed by atoms with Gasteiger partial charge >= 0.3 is 5.97 Å². The van der Waals surface area contributed by atoms with E-state index in [4.69, 9.17) is 11.6 Å². The minimum atomic E-state index is -1.11. The van der Waals surface area contributed by atoms with E-state index < -0.39 is 23.6 Å². The molecule has 1 atom stereocenters. The minimum Gasteiger partial charge on any atom is -0.480 e. The molecule has 0 bridgehead atoms. The van der Waals surface area contributed by atoms with Gasteiger partial charge in [-0.15, -0.1) is 11.3 Å². The second-order valence-corrected chi connectivity index (χ2v) is 8.19. The lowest BCUT2D eigenvalue weighted by Gasteiger charge is -2.37. The Balaban J connectivity index is 1.83. The molecule has 1 aliphatic rings. The molecule has 0 fully saturated rings. The van der Waals surface area contributed by atoms with Crippen LogP contribution in [0.15, 0.2) is 40.8 Å². The van der Waals surface area contributed by atoms with E-state index in [2.05, 4.69) is 15.3 Å². The SMILES string of the molecule is C[C@@]1(c2ccc(Cl)cc2)CCc2nc(-c3cncs3)n(CC(=O)O)c(=O)c2N1. The number of nitrogens with one attached hydrogen (secondary N) is 1. The van der Waals surface area contributed by atoms with Crippen molar-refractivity contribution in [1.29, 1.82) is 0 Å². The summed E-state index contributed by atoms with van der Waals surface area (Å²) in [4.78, 5) is 33.9. The first-order valence-corrected chi connectivity index (χ1v) is 9.92. The second-order valence-electron chi connectivity index (χ2n) is 6.87. The van der Waals surface area contributed by atoms with Gasteiger partial charge in [-0.05, 0) is 37.5 Å². The van der Waals surface area contributed by atoms with Crippen LogP contribution in [0, 0.1) is 0 Å². The van der Waals surface area contributed by atoms with Crippen LogP contribution in [-0.4, -0.2) is 25.6 Å². The van der Waals surface area contributed by atoms with Crippen LogP contribution >= 0.6 is 22.9 Å². The molecule has 0 saturated carbocycles. The third-order valence-electron chi connectivity index (χ3n) is 4.93. The molecule has 1 aromatic carbocycles. The molecule has 0 aliphatic carbocycles. The van der Waals surface area contributed by atoms with Crippen LogP contribution in [0.4, 0.5) is 5.69 Å². The topological polar surface area (TPSA) is 97.1 Å². The number of carbonyl (C=O) groups is 1. The van der Waals surface area contributed by atoms with E-state index in [1.54, 1.807) is 11.7 Å². The van der Waals surface area contributed by atoms with Crippen molar-refractivity contribution in [3.05, 3.63) is 62.6 Å². The Morgan fingerprint density at radius 1 is 1.39 bits per heavy atom.